The second-order valence-electron chi connectivity index (χ2n) is 4.16. The highest BCUT2D eigenvalue weighted by Crippen LogP contribution is 2.20. The number of hydrogen-bond donors (Lipinski definition) is 2. The minimum Gasteiger partial charge on any atom is -0.493 e. The molecule has 0 heterocycles. The van der Waals surface area contributed by atoms with Crippen LogP contribution < -0.4 is 10.5 Å². The summed E-state index contributed by atoms with van der Waals surface area (Å²) in [5.74, 6) is 0.317. The first-order valence-electron chi connectivity index (χ1n) is 5.45. The fourth-order valence-corrected chi connectivity index (χ4v) is 1.29. The molecule has 0 aliphatic heterocycles. The van der Waals surface area contributed by atoms with Crippen LogP contribution in [-0.2, 0) is 0 Å². The number of rotatable bonds is 5. The molecule has 0 aromatic heterocycles. The summed E-state index contributed by atoms with van der Waals surface area (Å²) >= 11 is 0. The van der Waals surface area contributed by atoms with Crippen LogP contribution in [0.2, 0.25) is 0 Å². The van der Waals surface area contributed by atoms with Crippen molar-refractivity contribution >= 4 is 5.84 Å². The topological polar surface area (TPSA) is 67.8 Å². The quantitative estimate of drug-likeness (QED) is 0.359. The Kier molecular flexibility index (Phi) is 4.75. The molecule has 94 valence electrons. The highest BCUT2D eigenvalue weighted by Gasteiger charge is 2.10. The van der Waals surface area contributed by atoms with Crippen molar-refractivity contribution in [2.24, 2.45) is 16.8 Å². The van der Waals surface area contributed by atoms with Gasteiger partial charge in [-0.15, -0.1) is 0 Å². The van der Waals surface area contributed by atoms with Crippen molar-refractivity contribution in [3.05, 3.63) is 29.6 Å². The second kappa shape index (κ2) is 6.08. The van der Waals surface area contributed by atoms with Crippen molar-refractivity contribution < 1.29 is 14.3 Å². The first kappa shape index (κ1) is 13.3. The van der Waals surface area contributed by atoms with Crippen LogP contribution >= 0.6 is 0 Å². The Balaban J connectivity index is 2.83. The molecule has 1 rings (SSSR count). The lowest BCUT2D eigenvalue weighted by molar-refractivity contribution is 0.287. The first-order chi connectivity index (χ1) is 8.04. The van der Waals surface area contributed by atoms with E-state index in [1.165, 1.54) is 18.2 Å². The van der Waals surface area contributed by atoms with Crippen LogP contribution in [0.15, 0.2) is 23.4 Å². The summed E-state index contributed by atoms with van der Waals surface area (Å²) < 4.78 is 18.5. The van der Waals surface area contributed by atoms with Crippen molar-refractivity contribution in [3.8, 4) is 5.75 Å². The van der Waals surface area contributed by atoms with Gasteiger partial charge in [-0.2, -0.15) is 0 Å². The zero-order valence-electron chi connectivity index (χ0n) is 9.98. The molecule has 3 N–H and O–H groups in total. The normalized spacial score (nSPS) is 11.9. The van der Waals surface area contributed by atoms with Crippen molar-refractivity contribution in [1.29, 1.82) is 0 Å². The average Bonchev–Trinajstić information content (AvgIpc) is 2.29. The predicted octanol–water partition coefficient (Wildman–Crippen LogP) is 2.35. The number of benzene rings is 1. The minimum atomic E-state index is -0.456. The molecular formula is C12H17FN2O2. The van der Waals surface area contributed by atoms with Crippen LogP contribution in [0.1, 0.15) is 25.8 Å². The van der Waals surface area contributed by atoms with Gasteiger partial charge in [-0.1, -0.05) is 19.0 Å². The van der Waals surface area contributed by atoms with Crippen LogP contribution in [0.4, 0.5) is 4.39 Å². The van der Waals surface area contributed by atoms with Gasteiger partial charge in [-0.25, -0.2) is 4.39 Å². The van der Waals surface area contributed by atoms with E-state index in [1.807, 2.05) is 0 Å². The van der Waals surface area contributed by atoms with Crippen LogP contribution in [0.3, 0.4) is 0 Å². The summed E-state index contributed by atoms with van der Waals surface area (Å²) in [6.07, 6.45) is 0.882. The van der Waals surface area contributed by atoms with E-state index in [2.05, 4.69) is 19.0 Å². The van der Waals surface area contributed by atoms with Gasteiger partial charge in [0.1, 0.15) is 11.6 Å². The molecule has 1 aromatic rings. The summed E-state index contributed by atoms with van der Waals surface area (Å²) in [6.45, 7) is 4.67. The number of amidine groups is 1. The summed E-state index contributed by atoms with van der Waals surface area (Å²) in [6, 6.07) is 3.93. The van der Waals surface area contributed by atoms with E-state index in [0.717, 1.165) is 6.42 Å². The van der Waals surface area contributed by atoms with Gasteiger partial charge < -0.3 is 15.7 Å². The number of ether oxygens (including phenoxy) is 1. The maximum atomic E-state index is 13.0. The predicted molar refractivity (Wildman–Crippen MR) is 63.9 cm³/mol. The van der Waals surface area contributed by atoms with Crippen LogP contribution in [0, 0.1) is 11.7 Å². The Labute approximate surface area is 99.9 Å². The molecule has 0 aliphatic rings. The molecule has 4 nitrogen and oxygen atoms in total. The van der Waals surface area contributed by atoms with Crippen molar-refractivity contribution in [2.45, 2.75) is 20.3 Å². The zero-order chi connectivity index (χ0) is 12.8. The van der Waals surface area contributed by atoms with Gasteiger partial charge in [-0.3, -0.25) is 0 Å². The lowest BCUT2D eigenvalue weighted by atomic mass is 10.1. The molecule has 0 saturated heterocycles. The Bertz CT molecular complexity index is 405. The van der Waals surface area contributed by atoms with Gasteiger partial charge in [0, 0.05) is 0 Å². The highest BCUT2D eigenvalue weighted by molar-refractivity contribution is 5.99. The lowest BCUT2D eigenvalue weighted by Crippen LogP contribution is -2.15. The molecule has 0 bridgehead atoms. The second-order valence-corrected chi connectivity index (χ2v) is 4.16. The third-order valence-electron chi connectivity index (χ3n) is 2.28. The smallest absolute Gasteiger partial charge is 0.173 e. The van der Waals surface area contributed by atoms with Crippen molar-refractivity contribution in [1.82, 2.24) is 0 Å². The minimum absolute atomic E-state index is 0.163. The summed E-state index contributed by atoms with van der Waals surface area (Å²) in [5, 5.41) is 11.5. The number of hydrogen-bond acceptors (Lipinski definition) is 3. The number of nitrogens with two attached hydrogens (primary N) is 1. The SMILES string of the molecule is CC(C)CCOc1ccc(F)cc1C(N)=NO. The molecule has 0 atom stereocenters. The molecule has 0 unspecified atom stereocenters. The zero-order valence-corrected chi connectivity index (χ0v) is 9.98. The van der Waals surface area contributed by atoms with E-state index in [9.17, 15) is 4.39 Å². The number of nitrogens with zero attached hydrogens (tertiary/aromatic N) is 1. The Hall–Kier alpha value is -1.78. The number of oxime groups is 1. The van der Waals surface area contributed by atoms with Gasteiger partial charge in [0.15, 0.2) is 5.84 Å². The summed E-state index contributed by atoms with van der Waals surface area (Å²) in [7, 11) is 0. The van der Waals surface area contributed by atoms with E-state index in [0.29, 0.717) is 18.3 Å². The van der Waals surface area contributed by atoms with E-state index >= 15 is 0 Å². The van der Waals surface area contributed by atoms with Crippen LogP contribution in [-0.4, -0.2) is 17.6 Å². The molecule has 0 saturated carbocycles. The van der Waals surface area contributed by atoms with Gasteiger partial charge in [0.05, 0.1) is 12.2 Å². The Morgan fingerprint density at radius 1 is 1.53 bits per heavy atom. The molecule has 0 amide bonds. The van der Waals surface area contributed by atoms with Crippen LogP contribution in [0.25, 0.3) is 0 Å². The average molecular weight is 240 g/mol. The number of halogens is 1. The highest BCUT2D eigenvalue weighted by atomic mass is 19.1. The third kappa shape index (κ3) is 3.94. The van der Waals surface area contributed by atoms with Gasteiger partial charge in [-0.05, 0) is 30.5 Å². The molecule has 0 spiro atoms. The third-order valence-corrected chi connectivity index (χ3v) is 2.28. The molecule has 1 aromatic carbocycles. The van der Waals surface area contributed by atoms with E-state index < -0.39 is 5.82 Å². The van der Waals surface area contributed by atoms with Gasteiger partial charge in [0.25, 0.3) is 0 Å². The van der Waals surface area contributed by atoms with Crippen molar-refractivity contribution in [3.63, 3.8) is 0 Å². The molecule has 5 heteroatoms. The molecular weight excluding hydrogens is 223 g/mol. The first-order valence-corrected chi connectivity index (χ1v) is 5.45. The molecule has 0 fully saturated rings. The Morgan fingerprint density at radius 2 is 2.24 bits per heavy atom. The monoisotopic (exact) mass is 240 g/mol. The van der Waals surface area contributed by atoms with E-state index in [1.54, 1.807) is 0 Å². The van der Waals surface area contributed by atoms with E-state index in [4.69, 9.17) is 15.7 Å². The molecule has 0 aliphatic carbocycles. The maximum Gasteiger partial charge on any atom is 0.173 e. The van der Waals surface area contributed by atoms with Crippen molar-refractivity contribution in [2.75, 3.05) is 6.61 Å². The van der Waals surface area contributed by atoms with Gasteiger partial charge in [0.2, 0.25) is 0 Å². The standard InChI is InChI=1S/C12H17FN2O2/c1-8(2)5-6-17-11-4-3-9(13)7-10(11)12(14)15-16/h3-4,7-8,16H,5-6H2,1-2H3,(H2,14,15). The molecule has 0 radical (unpaired) electrons. The maximum absolute atomic E-state index is 13.0. The summed E-state index contributed by atoms with van der Waals surface area (Å²) in [5.41, 5.74) is 5.71. The lowest BCUT2D eigenvalue weighted by Gasteiger charge is -2.11. The van der Waals surface area contributed by atoms with Gasteiger partial charge >= 0.3 is 0 Å². The Morgan fingerprint density at radius 3 is 2.82 bits per heavy atom. The van der Waals surface area contributed by atoms with E-state index in [-0.39, 0.29) is 11.4 Å². The largest absolute Gasteiger partial charge is 0.493 e. The fraction of sp³-hybridized carbons (Fsp3) is 0.417. The summed E-state index contributed by atoms with van der Waals surface area (Å²) in [4.78, 5) is 0. The fourth-order valence-electron chi connectivity index (χ4n) is 1.29. The van der Waals surface area contributed by atoms with Crippen LogP contribution in [0.5, 0.6) is 5.75 Å². The molecule has 17 heavy (non-hydrogen) atoms.